The topological polar surface area (TPSA) is 22.1 Å². The van der Waals surface area contributed by atoms with Gasteiger partial charge in [-0.15, -0.1) is 0 Å². The molecule has 0 aliphatic rings. The number of fused-ring (bicyclic) bond motifs is 1. The lowest BCUT2D eigenvalue weighted by atomic mass is 10.1. The first-order valence-corrected chi connectivity index (χ1v) is 4.61. The van der Waals surface area contributed by atoms with Crippen LogP contribution in [0.5, 0.6) is 5.75 Å². The highest BCUT2D eigenvalue weighted by atomic mass is 16.5. The zero-order valence-electron chi connectivity index (χ0n) is 8.66. The van der Waals surface area contributed by atoms with Gasteiger partial charge >= 0.3 is 0 Å². The molecule has 0 unspecified atom stereocenters. The third-order valence-electron chi connectivity index (χ3n) is 2.25. The fourth-order valence-electron chi connectivity index (χ4n) is 1.63. The number of aromatic nitrogens is 1. The van der Waals surface area contributed by atoms with Crippen LogP contribution in [0.1, 0.15) is 11.1 Å². The Hall–Kier alpha value is -1.57. The van der Waals surface area contributed by atoms with Gasteiger partial charge in [0.2, 0.25) is 0 Å². The Morgan fingerprint density at radius 3 is 2.50 bits per heavy atom. The summed E-state index contributed by atoms with van der Waals surface area (Å²) in [6, 6.07) is 6.25. The van der Waals surface area contributed by atoms with E-state index in [-0.39, 0.29) is 0 Å². The van der Waals surface area contributed by atoms with Gasteiger partial charge in [0.05, 0.1) is 7.11 Å². The first-order chi connectivity index (χ1) is 6.70. The average molecular weight is 187 g/mol. The Labute approximate surface area is 83.5 Å². The van der Waals surface area contributed by atoms with E-state index in [2.05, 4.69) is 24.0 Å². The molecule has 14 heavy (non-hydrogen) atoms. The molecule has 0 atom stereocenters. The summed E-state index contributed by atoms with van der Waals surface area (Å²) in [5, 5.41) is 1.14. The van der Waals surface area contributed by atoms with Crippen molar-refractivity contribution in [1.29, 1.82) is 0 Å². The molecule has 0 saturated carbocycles. The van der Waals surface area contributed by atoms with Crippen molar-refractivity contribution in [3.8, 4) is 5.75 Å². The molecule has 0 radical (unpaired) electrons. The van der Waals surface area contributed by atoms with Gasteiger partial charge in [-0.25, -0.2) is 0 Å². The predicted molar refractivity (Wildman–Crippen MR) is 57.8 cm³/mol. The van der Waals surface area contributed by atoms with Crippen LogP contribution in [0.25, 0.3) is 10.9 Å². The van der Waals surface area contributed by atoms with E-state index >= 15 is 0 Å². The van der Waals surface area contributed by atoms with E-state index in [0.29, 0.717) is 0 Å². The van der Waals surface area contributed by atoms with Gasteiger partial charge in [0, 0.05) is 11.6 Å². The minimum absolute atomic E-state index is 0.847. The van der Waals surface area contributed by atoms with Gasteiger partial charge in [0.25, 0.3) is 0 Å². The number of benzene rings is 1. The maximum atomic E-state index is 5.29. The predicted octanol–water partition coefficient (Wildman–Crippen LogP) is 2.86. The summed E-state index contributed by atoms with van der Waals surface area (Å²) in [4.78, 5) is 4.37. The van der Waals surface area contributed by atoms with Crippen molar-refractivity contribution >= 4 is 10.9 Å². The maximum Gasteiger partial charge on any atom is 0.145 e. The molecule has 0 saturated heterocycles. The number of methoxy groups -OCH3 is 1. The molecule has 1 aromatic carbocycles. The number of rotatable bonds is 1. The Kier molecular flexibility index (Phi) is 2.12. The highest BCUT2D eigenvalue weighted by Gasteiger charge is 2.03. The van der Waals surface area contributed by atoms with Crippen molar-refractivity contribution in [3.05, 3.63) is 35.5 Å². The van der Waals surface area contributed by atoms with Crippen LogP contribution in [-0.4, -0.2) is 12.1 Å². The summed E-state index contributed by atoms with van der Waals surface area (Å²) in [6.07, 6.45) is 1.86. The highest BCUT2D eigenvalue weighted by molar-refractivity contribution is 5.85. The summed E-state index contributed by atoms with van der Waals surface area (Å²) in [5.74, 6) is 0.847. The second-order valence-electron chi connectivity index (χ2n) is 3.55. The molecule has 0 bridgehead atoms. The van der Waals surface area contributed by atoms with Gasteiger partial charge in [-0.05, 0) is 43.2 Å². The summed E-state index contributed by atoms with van der Waals surface area (Å²) < 4.78 is 5.29. The van der Waals surface area contributed by atoms with E-state index in [4.69, 9.17) is 4.74 Å². The summed E-state index contributed by atoms with van der Waals surface area (Å²) >= 11 is 0. The van der Waals surface area contributed by atoms with E-state index in [1.165, 1.54) is 11.1 Å². The quantitative estimate of drug-likeness (QED) is 0.684. The first-order valence-electron chi connectivity index (χ1n) is 4.61. The van der Waals surface area contributed by atoms with Crippen molar-refractivity contribution in [1.82, 2.24) is 4.98 Å². The molecule has 2 aromatic rings. The van der Waals surface area contributed by atoms with Gasteiger partial charge in [0.15, 0.2) is 0 Å². The Balaban J connectivity index is 2.81. The van der Waals surface area contributed by atoms with Crippen LogP contribution in [0.3, 0.4) is 0 Å². The van der Waals surface area contributed by atoms with E-state index in [0.717, 1.165) is 16.7 Å². The molecule has 2 heteroatoms. The van der Waals surface area contributed by atoms with Crippen molar-refractivity contribution in [2.24, 2.45) is 0 Å². The fraction of sp³-hybridized carbons (Fsp3) is 0.250. The monoisotopic (exact) mass is 187 g/mol. The van der Waals surface area contributed by atoms with Gasteiger partial charge < -0.3 is 4.74 Å². The molecule has 0 amide bonds. The Bertz CT molecular complexity index is 472. The van der Waals surface area contributed by atoms with E-state index in [1.807, 2.05) is 19.2 Å². The molecule has 1 heterocycles. The summed E-state index contributed by atoms with van der Waals surface area (Å²) in [6.45, 7) is 4.10. The van der Waals surface area contributed by atoms with Gasteiger partial charge in [-0.2, -0.15) is 0 Å². The Morgan fingerprint density at radius 1 is 1.07 bits per heavy atom. The molecular formula is C12H13NO. The smallest absolute Gasteiger partial charge is 0.145 e. The number of nitrogens with zero attached hydrogens (tertiary/aromatic N) is 1. The van der Waals surface area contributed by atoms with Gasteiger partial charge in [-0.3, -0.25) is 4.98 Å². The second kappa shape index (κ2) is 3.29. The molecule has 2 rings (SSSR count). The average Bonchev–Trinajstić information content (AvgIpc) is 2.15. The summed E-state index contributed by atoms with van der Waals surface area (Å²) in [7, 11) is 1.68. The molecule has 0 aliphatic heterocycles. The van der Waals surface area contributed by atoms with Crippen LogP contribution in [0.4, 0.5) is 0 Å². The first kappa shape index (κ1) is 9.00. The zero-order valence-corrected chi connectivity index (χ0v) is 8.66. The van der Waals surface area contributed by atoms with E-state index in [9.17, 15) is 0 Å². The molecule has 0 aliphatic carbocycles. The van der Waals surface area contributed by atoms with Crippen LogP contribution in [-0.2, 0) is 0 Å². The minimum atomic E-state index is 0.847. The lowest BCUT2D eigenvalue weighted by molar-refractivity contribution is 0.418. The lowest BCUT2D eigenvalue weighted by Gasteiger charge is -2.06. The van der Waals surface area contributed by atoms with Crippen LogP contribution < -0.4 is 4.74 Å². The van der Waals surface area contributed by atoms with Crippen LogP contribution in [0.2, 0.25) is 0 Å². The molecule has 0 spiro atoms. The number of hydrogen-bond donors (Lipinski definition) is 0. The molecule has 2 nitrogen and oxygen atoms in total. The second-order valence-corrected chi connectivity index (χ2v) is 3.55. The molecule has 1 aromatic heterocycles. The van der Waals surface area contributed by atoms with Crippen molar-refractivity contribution in [2.45, 2.75) is 13.8 Å². The van der Waals surface area contributed by atoms with Gasteiger partial charge in [0.1, 0.15) is 11.3 Å². The third kappa shape index (κ3) is 1.43. The number of aryl methyl sites for hydroxylation is 2. The highest BCUT2D eigenvalue weighted by Crippen LogP contribution is 2.25. The molecular weight excluding hydrogens is 174 g/mol. The minimum Gasteiger partial charge on any atom is -0.494 e. The van der Waals surface area contributed by atoms with Crippen molar-refractivity contribution in [2.75, 3.05) is 7.11 Å². The molecule has 0 N–H and O–H groups in total. The van der Waals surface area contributed by atoms with Crippen molar-refractivity contribution in [3.63, 3.8) is 0 Å². The number of ether oxygens (including phenoxy) is 1. The third-order valence-corrected chi connectivity index (χ3v) is 2.25. The SMILES string of the molecule is COc1cc(C)cc2cc(C)cnc12. The number of pyridine rings is 1. The lowest BCUT2D eigenvalue weighted by Crippen LogP contribution is -1.89. The van der Waals surface area contributed by atoms with E-state index in [1.54, 1.807) is 7.11 Å². The molecule has 72 valence electrons. The van der Waals surface area contributed by atoms with Gasteiger partial charge in [-0.1, -0.05) is 0 Å². The fourth-order valence-corrected chi connectivity index (χ4v) is 1.63. The Morgan fingerprint density at radius 2 is 1.79 bits per heavy atom. The van der Waals surface area contributed by atoms with Crippen LogP contribution >= 0.6 is 0 Å². The molecule has 0 fully saturated rings. The van der Waals surface area contributed by atoms with Crippen molar-refractivity contribution < 1.29 is 4.74 Å². The normalized spacial score (nSPS) is 10.5. The largest absolute Gasteiger partial charge is 0.494 e. The summed E-state index contributed by atoms with van der Waals surface area (Å²) in [5.41, 5.74) is 3.30. The zero-order chi connectivity index (χ0) is 10.1. The van der Waals surface area contributed by atoms with Crippen LogP contribution in [0, 0.1) is 13.8 Å². The standard InChI is InChI=1S/C12H13NO/c1-8-4-10-5-9(2)7-13-12(10)11(6-8)14-3/h4-7H,1-3H3. The maximum absolute atomic E-state index is 5.29. The number of hydrogen-bond acceptors (Lipinski definition) is 2. The van der Waals surface area contributed by atoms with Crippen LogP contribution in [0.15, 0.2) is 24.4 Å². The van der Waals surface area contributed by atoms with E-state index < -0.39 is 0 Å².